The molecule has 0 spiro atoms. The molecule has 1 aliphatic heterocycles. The molecule has 6 heteroatoms. The molecule has 0 aromatic heterocycles. The Bertz CT molecular complexity index is 812. The lowest BCUT2D eigenvalue weighted by atomic mass is 10.2. The Morgan fingerprint density at radius 2 is 1.92 bits per heavy atom. The van der Waals surface area contributed by atoms with E-state index in [1.807, 2.05) is 23.1 Å². The third-order valence-corrected chi connectivity index (χ3v) is 5.85. The summed E-state index contributed by atoms with van der Waals surface area (Å²) in [5.74, 6) is -0.240. The lowest BCUT2D eigenvalue weighted by Gasteiger charge is -2.22. The van der Waals surface area contributed by atoms with E-state index in [0.29, 0.717) is 22.4 Å². The zero-order valence-electron chi connectivity index (χ0n) is 14.6. The lowest BCUT2D eigenvalue weighted by molar-refractivity contribution is -0.118. The smallest absolute Gasteiger partial charge is 0.252 e. The van der Waals surface area contributed by atoms with Crippen molar-refractivity contribution in [2.24, 2.45) is 0 Å². The highest BCUT2D eigenvalue weighted by atomic mass is 35.5. The van der Waals surface area contributed by atoms with Gasteiger partial charge in [0.15, 0.2) is 0 Å². The molecule has 0 saturated heterocycles. The number of halogens is 1. The molecule has 0 aliphatic carbocycles. The van der Waals surface area contributed by atoms with Gasteiger partial charge in [0, 0.05) is 29.7 Å². The molecule has 2 aromatic carbocycles. The number of hydrogen-bond acceptors (Lipinski definition) is 3. The fourth-order valence-electron chi connectivity index (χ4n) is 2.90. The molecule has 0 radical (unpaired) electrons. The van der Waals surface area contributed by atoms with E-state index < -0.39 is 0 Å². The van der Waals surface area contributed by atoms with Crippen molar-refractivity contribution in [1.82, 2.24) is 5.32 Å². The van der Waals surface area contributed by atoms with Crippen molar-refractivity contribution in [2.45, 2.75) is 29.9 Å². The summed E-state index contributed by atoms with van der Waals surface area (Å²) >= 11 is 7.84. The Hall–Kier alpha value is -1.98. The molecule has 2 amide bonds. The van der Waals surface area contributed by atoms with E-state index in [0.717, 1.165) is 17.0 Å². The number of fused-ring (bicyclic) bond motifs is 1. The van der Waals surface area contributed by atoms with Gasteiger partial charge in [0.2, 0.25) is 5.91 Å². The standard InChI is InChI=1S/C20H21ClN2O2S/c1-14-11-13-23(17-8-4-5-9-18(17)26-14)19(24)10-12-22-20(25)15-6-2-3-7-16(15)21/h2-9,14H,10-13H2,1H3,(H,22,25)/t14-/m1/s1. The predicted molar refractivity (Wildman–Crippen MR) is 107 cm³/mol. The first-order valence-corrected chi connectivity index (χ1v) is 9.91. The summed E-state index contributed by atoms with van der Waals surface area (Å²) in [5, 5.41) is 3.65. The van der Waals surface area contributed by atoms with E-state index in [1.54, 1.807) is 36.0 Å². The van der Waals surface area contributed by atoms with Crippen LogP contribution in [0.5, 0.6) is 0 Å². The number of para-hydroxylation sites is 1. The molecule has 3 rings (SSSR count). The second-order valence-corrected chi connectivity index (χ2v) is 8.10. The van der Waals surface area contributed by atoms with E-state index in [2.05, 4.69) is 18.3 Å². The Morgan fingerprint density at radius 1 is 1.19 bits per heavy atom. The molecular formula is C20H21ClN2O2S. The zero-order valence-corrected chi connectivity index (χ0v) is 16.1. The van der Waals surface area contributed by atoms with Crippen LogP contribution in [-0.2, 0) is 4.79 Å². The summed E-state index contributed by atoms with van der Waals surface area (Å²) < 4.78 is 0. The molecule has 136 valence electrons. The van der Waals surface area contributed by atoms with Gasteiger partial charge in [0.25, 0.3) is 5.91 Å². The SMILES string of the molecule is C[C@@H]1CCN(C(=O)CCNC(=O)c2ccccc2Cl)c2ccccc2S1. The number of thioether (sulfide) groups is 1. The third kappa shape index (κ3) is 4.40. The molecule has 1 atom stereocenters. The Labute approximate surface area is 162 Å². The predicted octanol–water partition coefficient (Wildman–Crippen LogP) is 4.38. The van der Waals surface area contributed by atoms with Gasteiger partial charge in [-0.25, -0.2) is 0 Å². The van der Waals surface area contributed by atoms with Crippen LogP contribution >= 0.6 is 23.4 Å². The van der Waals surface area contributed by atoms with E-state index >= 15 is 0 Å². The van der Waals surface area contributed by atoms with Crippen LogP contribution in [0.4, 0.5) is 5.69 Å². The van der Waals surface area contributed by atoms with E-state index in [4.69, 9.17) is 11.6 Å². The van der Waals surface area contributed by atoms with Gasteiger partial charge in [-0.05, 0) is 30.7 Å². The molecule has 1 heterocycles. The van der Waals surface area contributed by atoms with Crippen LogP contribution in [0.3, 0.4) is 0 Å². The van der Waals surface area contributed by atoms with Crippen molar-refractivity contribution in [3.8, 4) is 0 Å². The van der Waals surface area contributed by atoms with Gasteiger partial charge >= 0.3 is 0 Å². The molecular weight excluding hydrogens is 368 g/mol. The van der Waals surface area contributed by atoms with Gasteiger partial charge in [-0.3, -0.25) is 9.59 Å². The molecule has 26 heavy (non-hydrogen) atoms. The second kappa shape index (κ2) is 8.60. The summed E-state index contributed by atoms with van der Waals surface area (Å²) in [5.41, 5.74) is 1.39. The lowest BCUT2D eigenvalue weighted by Crippen LogP contribution is -2.35. The van der Waals surface area contributed by atoms with Crippen LogP contribution < -0.4 is 10.2 Å². The highest BCUT2D eigenvalue weighted by molar-refractivity contribution is 8.00. The highest BCUT2D eigenvalue weighted by Gasteiger charge is 2.23. The Kier molecular flexibility index (Phi) is 6.22. The largest absolute Gasteiger partial charge is 0.351 e. The molecule has 4 nitrogen and oxygen atoms in total. The summed E-state index contributed by atoms with van der Waals surface area (Å²) in [6.45, 7) is 3.16. The van der Waals surface area contributed by atoms with Crippen LogP contribution in [0.15, 0.2) is 53.4 Å². The van der Waals surface area contributed by atoms with Crippen molar-refractivity contribution in [2.75, 3.05) is 18.0 Å². The highest BCUT2D eigenvalue weighted by Crippen LogP contribution is 2.37. The first kappa shape index (κ1) is 18.8. The number of amides is 2. The minimum Gasteiger partial charge on any atom is -0.351 e. The van der Waals surface area contributed by atoms with Crippen molar-refractivity contribution in [1.29, 1.82) is 0 Å². The minimum atomic E-state index is -0.260. The molecule has 0 unspecified atom stereocenters. The maximum Gasteiger partial charge on any atom is 0.252 e. The van der Waals surface area contributed by atoms with Crippen molar-refractivity contribution < 1.29 is 9.59 Å². The van der Waals surface area contributed by atoms with Gasteiger partial charge in [-0.15, -0.1) is 11.8 Å². The topological polar surface area (TPSA) is 49.4 Å². The van der Waals surface area contributed by atoms with Crippen molar-refractivity contribution >= 4 is 40.9 Å². The summed E-state index contributed by atoms with van der Waals surface area (Å²) in [4.78, 5) is 27.9. The number of carbonyl (C=O) groups excluding carboxylic acids is 2. The van der Waals surface area contributed by atoms with Gasteiger partial charge in [-0.2, -0.15) is 0 Å². The number of carbonyl (C=O) groups is 2. The first-order valence-electron chi connectivity index (χ1n) is 8.65. The monoisotopic (exact) mass is 388 g/mol. The summed E-state index contributed by atoms with van der Waals surface area (Å²) in [7, 11) is 0. The van der Waals surface area contributed by atoms with Crippen LogP contribution in [0, 0.1) is 0 Å². The Balaban J connectivity index is 1.62. The fraction of sp³-hybridized carbons (Fsp3) is 0.300. The second-order valence-electron chi connectivity index (χ2n) is 6.22. The normalized spacial score (nSPS) is 16.5. The number of hydrogen-bond donors (Lipinski definition) is 1. The van der Waals surface area contributed by atoms with Gasteiger partial charge in [0.05, 0.1) is 16.3 Å². The van der Waals surface area contributed by atoms with Crippen LogP contribution in [0.1, 0.15) is 30.1 Å². The van der Waals surface area contributed by atoms with E-state index in [9.17, 15) is 9.59 Å². The van der Waals surface area contributed by atoms with E-state index in [1.165, 1.54) is 0 Å². The quantitative estimate of drug-likeness (QED) is 0.845. The average molecular weight is 389 g/mol. The van der Waals surface area contributed by atoms with Crippen molar-refractivity contribution in [3.63, 3.8) is 0 Å². The minimum absolute atomic E-state index is 0.0200. The third-order valence-electron chi connectivity index (χ3n) is 4.29. The number of nitrogens with zero attached hydrogens (tertiary/aromatic N) is 1. The van der Waals surface area contributed by atoms with Gasteiger partial charge in [0.1, 0.15) is 0 Å². The molecule has 1 aliphatic rings. The number of anilines is 1. The molecule has 0 fully saturated rings. The van der Waals surface area contributed by atoms with Crippen LogP contribution in [-0.4, -0.2) is 30.2 Å². The Morgan fingerprint density at radius 3 is 2.73 bits per heavy atom. The summed E-state index contributed by atoms with van der Waals surface area (Å²) in [6.07, 6.45) is 1.20. The van der Waals surface area contributed by atoms with Crippen molar-refractivity contribution in [3.05, 3.63) is 59.1 Å². The molecule has 1 N–H and O–H groups in total. The zero-order chi connectivity index (χ0) is 18.5. The van der Waals surface area contributed by atoms with Crippen LogP contribution in [0.2, 0.25) is 5.02 Å². The average Bonchev–Trinajstić information content (AvgIpc) is 2.80. The number of nitrogens with one attached hydrogen (secondary N) is 1. The molecule has 2 aromatic rings. The summed E-state index contributed by atoms with van der Waals surface area (Å²) in [6, 6.07) is 14.9. The van der Waals surface area contributed by atoms with Crippen LogP contribution in [0.25, 0.3) is 0 Å². The molecule has 0 bridgehead atoms. The fourth-order valence-corrected chi connectivity index (χ4v) is 4.24. The van der Waals surface area contributed by atoms with Gasteiger partial charge in [-0.1, -0.05) is 42.8 Å². The number of benzene rings is 2. The number of rotatable bonds is 4. The maximum absolute atomic E-state index is 12.7. The maximum atomic E-state index is 12.7. The van der Waals surface area contributed by atoms with E-state index in [-0.39, 0.29) is 24.8 Å². The first-order chi connectivity index (χ1) is 12.6. The van der Waals surface area contributed by atoms with Gasteiger partial charge < -0.3 is 10.2 Å². The molecule has 0 saturated carbocycles.